The molecule has 0 fully saturated rings. The summed E-state index contributed by atoms with van der Waals surface area (Å²) in [5.41, 5.74) is 1.04. The first-order chi connectivity index (χ1) is 11.1. The van der Waals surface area contributed by atoms with Crippen molar-refractivity contribution < 1.29 is 9.53 Å². The van der Waals surface area contributed by atoms with E-state index in [9.17, 15) is 4.79 Å². The van der Waals surface area contributed by atoms with Crippen LogP contribution in [-0.2, 0) is 0 Å². The Bertz CT molecular complexity index is 882. The number of pyridine rings is 1. The number of rotatable bonds is 5. The van der Waals surface area contributed by atoms with Crippen LogP contribution in [0.5, 0.6) is 5.75 Å². The second-order valence-electron chi connectivity index (χ2n) is 4.59. The molecule has 0 spiro atoms. The summed E-state index contributed by atoms with van der Waals surface area (Å²) in [5.74, 6) is 0.693. The van der Waals surface area contributed by atoms with Crippen molar-refractivity contribution in [2.75, 3.05) is 12.9 Å². The average molecular weight is 368 g/mol. The van der Waals surface area contributed by atoms with Gasteiger partial charge in [0.2, 0.25) is 0 Å². The van der Waals surface area contributed by atoms with E-state index in [1.165, 1.54) is 18.9 Å². The number of methoxy groups -OCH3 is 1. The Hall–Kier alpha value is -1.76. The molecule has 8 heteroatoms. The van der Waals surface area contributed by atoms with Gasteiger partial charge in [-0.05, 0) is 18.2 Å². The van der Waals surface area contributed by atoms with E-state index in [1.807, 2.05) is 6.07 Å². The van der Waals surface area contributed by atoms with Gasteiger partial charge in [-0.3, -0.25) is 9.20 Å². The summed E-state index contributed by atoms with van der Waals surface area (Å²) in [6.07, 6.45) is 1.67. The third-order valence-electron chi connectivity index (χ3n) is 3.13. The monoisotopic (exact) mass is 367 g/mol. The normalized spacial score (nSPS) is 10.9. The zero-order valence-electron chi connectivity index (χ0n) is 12.0. The van der Waals surface area contributed by atoms with Gasteiger partial charge in [0.1, 0.15) is 5.75 Å². The minimum Gasteiger partial charge on any atom is -0.496 e. The summed E-state index contributed by atoms with van der Waals surface area (Å²) in [6.45, 7) is 0. The average Bonchev–Trinajstić information content (AvgIpc) is 2.95. The molecule has 5 nitrogen and oxygen atoms in total. The Kier molecular flexibility index (Phi) is 4.75. The molecule has 0 atom stereocenters. The summed E-state index contributed by atoms with van der Waals surface area (Å²) in [7, 11) is 1.54. The molecular formula is C15H11Cl2N3O2S. The molecule has 0 saturated heterocycles. The fraction of sp³-hybridized carbons (Fsp3) is 0.133. The van der Waals surface area contributed by atoms with Gasteiger partial charge in [-0.25, -0.2) is 0 Å². The molecule has 3 rings (SSSR count). The summed E-state index contributed by atoms with van der Waals surface area (Å²) >= 11 is 13.3. The maximum atomic E-state index is 12.4. The van der Waals surface area contributed by atoms with Gasteiger partial charge in [-0.15, -0.1) is 10.2 Å². The number of nitrogens with zero attached hydrogens (tertiary/aromatic N) is 3. The number of carbonyl (C=O) groups is 1. The van der Waals surface area contributed by atoms with Crippen LogP contribution in [-0.4, -0.2) is 33.2 Å². The first kappa shape index (κ1) is 16.1. The van der Waals surface area contributed by atoms with Crippen molar-refractivity contribution in [2.24, 2.45) is 0 Å². The molecule has 0 aliphatic carbocycles. The lowest BCUT2D eigenvalue weighted by Gasteiger charge is -2.06. The number of aromatic nitrogens is 3. The van der Waals surface area contributed by atoms with Crippen molar-refractivity contribution >= 4 is 46.4 Å². The Morgan fingerprint density at radius 1 is 1.30 bits per heavy atom. The van der Waals surface area contributed by atoms with Gasteiger partial charge in [0, 0.05) is 6.20 Å². The van der Waals surface area contributed by atoms with Crippen LogP contribution in [0.15, 0.2) is 41.7 Å². The lowest BCUT2D eigenvalue weighted by Crippen LogP contribution is -2.05. The van der Waals surface area contributed by atoms with Crippen LogP contribution in [0.2, 0.25) is 10.0 Å². The maximum Gasteiger partial charge on any atom is 0.196 e. The minimum atomic E-state index is -0.0580. The predicted molar refractivity (Wildman–Crippen MR) is 91.1 cm³/mol. The highest BCUT2D eigenvalue weighted by molar-refractivity contribution is 7.99. The molecule has 2 aromatic heterocycles. The van der Waals surface area contributed by atoms with Crippen molar-refractivity contribution in [3.8, 4) is 5.75 Å². The van der Waals surface area contributed by atoms with E-state index in [-0.39, 0.29) is 11.5 Å². The molecule has 0 aliphatic heterocycles. The molecule has 0 saturated carbocycles. The van der Waals surface area contributed by atoms with Crippen molar-refractivity contribution in [2.45, 2.75) is 5.16 Å². The van der Waals surface area contributed by atoms with Crippen LogP contribution in [0.25, 0.3) is 5.65 Å². The highest BCUT2D eigenvalue weighted by Crippen LogP contribution is 2.26. The number of carbonyl (C=O) groups excluding carboxylic acids is 1. The number of thioether (sulfide) groups is 1. The lowest BCUT2D eigenvalue weighted by atomic mass is 10.1. The number of benzene rings is 1. The number of Topliss-reactive ketones (excluding diaryl/α,β-unsaturated/α-hetero) is 1. The fourth-order valence-corrected chi connectivity index (χ4v) is 3.39. The Balaban J connectivity index is 1.82. The Morgan fingerprint density at radius 3 is 2.87 bits per heavy atom. The van der Waals surface area contributed by atoms with E-state index >= 15 is 0 Å². The summed E-state index contributed by atoms with van der Waals surface area (Å²) < 4.78 is 6.88. The van der Waals surface area contributed by atoms with Crippen molar-refractivity contribution in [3.63, 3.8) is 0 Å². The number of fused-ring (bicyclic) bond motifs is 1. The third-order valence-corrected chi connectivity index (χ3v) is 4.56. The molecule has 0 N–H and O–H groups in total. The van der Waals surface area contributed by atoms with Crippen LogP contribution in [0, 0.1) is 0 Å². The van der Waals surface area contributed by atoms with E-state index in [2.05, 4.69) is 10.2 Å². The second-order valence-corrected chi connectivity index (χ2v) is 6.38. The van der Waals surface area contributed by atoms with Crippen molar-refractivity contribution in [1.82, 2.24) is 14.6 Å². The van der Waals surface area contributed by atoms with Gasteiger partial charge in [0.05, 0.1) is 28.5 Å². The van der Waals surface area contributed by atoms with Crippen LogP contribution >= 0.6 is 35.0 Å². The number of halogens is 2. The van der Waals surface area contributed by atoms with E-state index in [1.54, 1.807) is 34.9 Å². The highest BCUT2D eigenvalue weighted by atomic mass is 35.5. The van der Waals surface area contributed by atoms with Crippen molar-refractivity contribution in [1.29, 1.82) is 0 Å². The van der Waals surface area contributed by atoms with Gasteiger partial charge in [-0.1, -0.05) is 47.1 Å². The zero-order chi connectivity index (χ0) is 16.4. The topological polar surface area (TPSA) is 56.5 Å². The molecule has 2 heterocycles. The first-order valence-corrected chi connectivity index (χ1v) is 8.33. The fourth-order valence-electron chi connectivity index (χ4n) is 2.08. The third kappa shape index (κ3) is 3.29. The minimum absolute atomic E-state index is 0.0580. The summed E-state index contributed by atoms with van der Waals surface area (Å²) in [5, 5.41) is 9.50. The van der Waals surface area contributed by atoms with E-state index < -0.39 is 0 Å². The van der Waals surface area contributed by atoms with Crippen LogP contribution < -0.4 is 4.74 Å². The predicted octanol–water partition coefficient (Wildman–Crippen LogP) is 4.02. The Morgan fingerprint density at radius 2 is 2.09 bits per heavy atom. The summed E-state index contributed by atoms with van der Waals surface area (Å²) in [4.78, 5) is 12.4. The van der Waals surface area contributed by atoms with E-state index in [4.69, 9.17) is 27.9 Å². The first-order valence-electron chi connectivity index (χ1n) is 6.59. The highest BCUT2D eigenvalue weighted by Gasteiger charge is 2.15. The van der Waals surface area contributed by atoms with Crippen LogP contribution in [0.4, 0.5) is 0 Å². The zero-order valence-corrected chi connectivity index (χ0v) is 14.3. The molecule has 0 amide bonds. The molecule has 1 aromatic carbocycles. The smallest absolute Gasteiger partial charge is 0.196 e. The summed E-state index contributed by atoms with van der Waals surface area (Å²) in [6, 6.07) is 8.70. The van der Waals surface area contributed by atoms with E-state index in [0.29, 0.717) is 32.2 Å². The molecular weight excluding hydrogens is 357 g/mol. The number of para-hydroxylation sites is 1. The maximum absolute atomic E-state index is 12.4. The second kappa shape index (κ2) is 6.78. The van der Waals surface area contributed by atoms with Crippen LogP contribution in [0.3, 0.4) is 0 Å². The molecule has 0 aliphatic rings. The van der Waals surface area contributed by atoms with Gasteiger partial charge >= 0.3 is 0 Å². The number of ketones is 1. The Labute approximate surface area is 146 Å². The molecule has 0 bridgehead atoms. The molecule has 118 valence electrons. The largest absolute Gasteiger partial charge is 0.496 e. The van der Waals surface area contributed by atoms with Crippen LogP contribution in [0.1, 0.15) is 10.4 Å². The molecule has 3 aromatic rings. The molecule has 0 unspecified atom stereocenters. The number of ether oxygens (including phenoxy) is 1. The standard InChI is InChI=1S/C15H11Cl2N3O2S/c1-22-13-5-3-2-4-10(13)12(21)8-23-15-19-18-14-11(17)6-9(16)7-20(14)15/h2-7H,8H2,1H3. The lowest BCUT2D eigenvalue weighted by molar-refractivity contribution is 0.101. The van der Waals surface area contributed by atoms with Gasteiger partial charge in [0.25, 0.3) is 0 Å². The SMILES string of the molecule is COc1ccccc1C(=O)CSc1nnc2c(Cl)cc(Cl)cn12. The quantitative estimate of drug-likeness (QED) is 0.503. The van der Waals surface area contributed by atoms with E-state index in [0.717, 1.165) is 0 Å². The van der Waals surface area contributed by atoms with Gasteiger partial charge in [-0.2, -0.15) is 0 Å². The number of hydrogen-bond acceptors (Lipinski definition) is 5. The van der Waals surface area contributed by atoms with Crippen molar-refractivity contribution in [3.05, 3.63) is 52.1 Å². The molecule has 0 radical (unpaired) electrons. The van der Waals surface area contributed by atoms with Gasteiger partial charge in [0.15, 0.2) is 16.6 Å². The molecule has 23 heavy (non-hydrogen) atoms. The van der Waals surface area contributed by atoms with Gasteiger partial charge < -0.3 is 4.74 Å². The number of hydrogen-bond donors (Lipinski definition) is 0.